The van der Waals surface area contributed by atoms with Crippen molar-refractivity contribution < 1.29 is 17.9 Å². The fraction of sp³-hybridized carbons (Fsp3) is 0.130. The number of carbonyl (C=O) groups is 1. The molecule has 0 saturated heterocycles. The number of thioether (sulfide) groups is 1. The molecule has 0 atom stereocenters. The van der Waals surface area contributed by atoms with Crippen molar-refractivity contribution in [2.75, 3.05) is 11.1 Å². The lowest BCUT2D eigenvalue weighted by Crippen LogP contribution is -2.15. The number of amides is 1. The summed E-state index contributed by atoms with van der Waals surface area (Å²) in [5.41, 5.74) is 1.84. The number of fused-ring (bicyclic) bond motifs is 1. The average Bonchev–Trinajstić information content (AvgIpc) is 3.16. The van der Waals surface area contributed by atoms with Crippen LogP contribution in [0.2, 0.25) is 0 Å². The fourth-order valence-corrected chi connectivity index (χ4v) is 4.68. The van der Waals surface area contributed by atoms with Crippen LogP contribution in [0.4, 0.5) is 5.69 Å². The summed E-state index contributed by atoms with van der Waals surface area (Å²) < 4.78 is 31.1. The van der Waals surface area contributed by atoms with Crippen molar-refractivity contribution in [3.63, 3.8) is 0 Å². The van der Waals surface area contributed by atoms with E-state index in [1.54, 1.807) is 18.2 Å². The van der Waals surface area contributed by atoms with Crippen molar-refractivity contribution >= 4 is 44.4 Å². The molecule has 8 nitrogen and oxygen atoms in total. The first-order chi connectivity index (χ1) is 15.8. The van der Waals surface area contributed by atoms with E-state index in [1.807, 2.05) is 54.0 Å². The number of sulfonamides is 1. The van der Waals surface area contributed by atoms with E-state index in [0.717, 1.165) is 5.52 Å². The van der Waals surface area contributed by atoms with Crippen LogP contribution in [-0.2, 0) is 21.4 Å². The molecule has 4 aromatic rings. The van der Waals surface area contributed by atoms with E-state index < -0.39 is 10.0 Å². The number of hydrogen-bond acceptors (Lipinski definition) is 6. The van der Waals surface area contributed by atoms with Crippen molar-refractivity contribution in [3.8, 4) is 11.5 Å². The number of primary sulfonamides is 1. The summed E-state index contributed by atoms with van der Waals surface area (Å²) in [6.45, 7) is 2.57. The van der Waals surface area contributed by atoms with Gasteiger partial charge in [-0.2, -0.15) is 0 Å². The zero-order valence-electron chi connectivity index (χ0n) is 17.8. The Balaban J connectivity index is 1.48. The molecule has 0 spiro atoms. The largest absolute Gasteiger partial charge is 0.455 e. The summed E-state index contributed by atoms with van der Waals surface area (Å²) in [4.78, 5) is 17.2. The molecule has 170 valence electrons. The van der Waals surface area contributed by atoms with Gasteiger partial charge in [0.2, 0.25) is 15.9 Å². The summed E-state index contributed by atoms with van der Waals surface area (Å²) in [7, 11) is -3.82. The lowest BCUT2D eigenvalue weighted by molar-refractivity contribution is -0.113. The number of carbonyl (C=O) groups excluding carboxylic acids is 1. The lowest BCUT2D eigenvalue weighted by Gasteiger charge is -2.12. The second kappa shape index (κ2) is 9.65. The number of para-hydroxylation sites is 3. The molecule has 0 unspecified atom stereocenters. The minimum Gasteiger partial charge on any atom is -0.455 e. The first kappa shape index (κ1) is 22.8. The van der Waals surface area contributed by atoms with Crippen molar-refractivity contribution in [1.29, 1.82) is 0 Å². The molecule has 0 aliphatic carbocycles. The Labute approximate surface area is 195 Å². The zero-order valence-corrected chi connectivity index (χ0v) is 19.4. The molecule has 3 N–H and O–H groups in total. The molecule has 1 aromatic heterocycles. The van der Waals surface area contributed by atoms with Gasteiger partial charge in [0.1, 0.15) is 5.75 Å². The molecule has 0 aliphatic heterocycles. The summed E-state index contributed by atoms with van der Waals surface area (Å²) in [5.74, 6) is 1.11. The van der Waals surface area contributed by atoms with Gasteiger partial charge < -0.3 is 14.6 Å². The number of aromatic nitrogens is 2. The van der Waals surface area contributed by atoms with Gasteiger partial charge in [-0.1, -0.05) is 42.1 Å². The number of ether oxygens (including phenoxy) is 1. The number of hydrogen-bond donors (Lipinski definition) is 2. The van der Waals surface area contributed by atoms with Gasteiger partial charge >= 0.3 is 0 Å². The third-order valence-electron chi connectivity index (χ3n) is 4.79. The smallest absolute Gasteiger partial charge is 0.238 e. The molecular weight excluding hydrogens is 460 g/mol. The van der Waals surface area contributed by atoms with Crippen LogP contribution >= 0.6 is 11.8 Å². The normalized spacial score (nSPS) is 11.5. The highest BCUT2D eigenvalue weighted by molar-refractivity contribution is 7.99. The van der Waals surface area contributed by atoms with Gasteiger partial charge in [-0.05, 0) is 49.4 Å². The van der Waals surface area contributed by atoms with Crippen LogP contribution in [0.1, 0.15) is 6.92 Å². The van der Waals surface area contributed by atoms with Crippen molar-refractivity contribution in [3.05, 3.63) is 72.8 Å². The second-order valence-electron chi connectivity index (χ2n) is 7.08. The molecule has 1 amide bonds. The van der Waals surface area contributed by atoms with Crippen LogP contribution in [0.15, 0.2) is 82.8 Å². The SMILES string of the molecule is CCn1c(SCC(=O)Nc2ccccc2Oc2ccccc2)nc2cc(S(N)(=O)=O)ccc21. The molecule has 33 heavy (non-hydrogen) atoms. The molecule has 0 aliphatic rings. The maximum Gasteiger partial charge on any atom is 0.238 e. The van der Waals surface area contributed by atoms with Gasteiger partial charge in [0.25, 0.3) is 0 Å². The summed E-state index contributed by atoms with van der Waals surface area (Å²) in [6, 6.07) is 21.1. The van der Waals surface area contributed by atoms with E-state index in [4.69, 9.17) is 9.88 Å². The van der Waals surface area contributed by atoms with Crippen LogP contribution in [0, 0.1) is 0 Å². The number of anilines is 1. The number of imidazole rings is 1. The van der Waals surface area contributed by atoms with Gasteiger partial charge in [-0.25, -0.2) is 18.5 Å². The molecule has 0 bridgehead atoms. The summed E-state index contributed by atoms with van der Waals surface area (Å²) in [5, 5.41) is 8.72. The Morgan fingerprint density at radius 3 is 2.55 bits per heavy atom. The van der Waals surface area contributed by atoms with Crippen molar-refractivity contribution in [1.82, 2.24) is 9.55 Å². The third-order valence-corrected chi connectivity index (χ3v) is 6.68. The number of rotatable bonds is 8. The fourth-order valence-electron chi connectivity index (χ4n) is 3.27. The van der Waals surface area contributed by atoms with Crippen LogP contribution in [0.5, 0.6) is 11.5 Å². The van der Waals surface area contributed by atoms with Crippen LogP contribution in [0.25, 0.3) is 11.0 Å². The van der Waals surface area contributed by atoms with Gasteiger partial charge in [0.15, 0.2) is 10.9 Å². The standard InChI is InChI=1S/C23H22N4O4S2/c1-2-27-20-13-12-17(33(24,29)30)14-19(20)26-23(27)32-15-22(28)25-18-10-6-7-11-21(18)31-16-8-4-3-5-9-16/h3-14H,2,15H2,1H3,(H,25,28)(H2,24,29,30). The zero-order chi connectivity index (χ0) is 23.4. The molecule has 3 aromatic carbocycles. The summed E-state index contributed by atoms with van der Waals surface area (Å²) in [6.07, 6.45) is 0. The minimum absolute atomic E-state index is 0.0000641. The Kier molecular flexibility index (Phi) is 6.68. The van der Waals surface area contributed by atoms with Crippen LogP contribution in [-0.4, -0.2) is 29.6 Å². The van der Waals surface area contributed by atoms with E-state index in [1.165, 1.54) is 23.9 Å². The number of nitrogens with zero attached hydrogens (tertiary/aromatic N) is 2. The van der Waals surface area contributed by atoms with Gasteiger partial charge in [0, 0.05) is 6.54 Å². The molecule has 0 radical (unpaired) electrons. The molecule has 0 saturated carbocycles. The third kappa shape index (κ3) is 5.36. The van der Waals surface area contributed by atoms with Gasteiger partial charge in [0.05, 0.1) is 27.4 Å². The molecular formula is C23H22N4O4S2. The maximum atomic E-state index is 12.7. The van der Waals surface area contributed by atoms with E-state index in [2.05, 4.69) is 10.3 Å². The monoisotopic (exact) mass is 482 g/mol. The van der Waals surface area contributed by atoms with Crippen LogP contribution in [0.3, 0.4) is 0 Å². The lowest BCUT2D eigenvalue weighted by atomic mass is 10.3. The average molecular weight is 483 g/mol. The molecule has 10 heteroatoms. The number of nitrogens with two attached hydrogens (primary N) is 1. The quantitative estimate of drug-likeness (QED) is 0.363. The first-order valence-corrected chi connectivity index (χ1v) is 12.7. The van der Waals surface area contributed by atoms with E-state index in [-0.39, 0.29) is 16.6 Å². The second-order valence-corrected chi connectivity index (χ2v) is 9.59. The Hall–Kier alpha value is -3.34. The Morgan fingerprint density at radius 2 is 1.82 bits per heavy atom. The number of nitrogens with one attached hydrogen (secondary N) is 1. The highest BCUT2D eigenvalue weighted by atomic mass is 32.2. The molecule has 0 fully saturated rings. The van der Waals surface area contributed by atoms with Gasteiger partial charge in [-0.15, -0.1) is 0 Å². The van der Waals surface area contributed by atoms with E-state index in [9.17, 15) is 13.2 Å². The highest BCUT2D eigenvalue weighted by Crippen LogP contribution is 2.30. The first-order valence-electron chi connectivity index (χ1n) is 10.1. The van der Waals surface area contributed by atoms with Crippen molar-refractivity contribution in [2.45, 2.75) is 23.5 Å². The van der Waals surface area contributed by atoms with E-state index >= 15 is 0 Å². The van der Waals surface area contributed by atoms with Crippen molar-refractivity contribution in [2.24, 2.45) is 5.14 Å². The highest BCUT2D eigenvalue weighted by Gasteiger charge is 2.16. The Morgan fingerprint density at radius 1 is 1.09 bits per heavy atom. The number of benzene rings is 3. The van der Waals surface area contributed by atoms with Gasteiger partial charge in [-0.3, -0.25) is 4.79 Å². The topological polar surface area (TPSA) is 116 Å². The maximum absolute atomic E-state index is 12.7. The summed E-state index contributed by atoms with van der Waals surface area (Å²) >= 11 is 1.27. The van der Waals surface area contributed by atoms with Crippen LogP contribution < -0.4 is 15.2 Å². The number of aryl methyl sites for hydroxylation is 1. The predicted octanol–water partition coefficient (Wildman–Crippen LogP) is 4.23. The Bertz CT molecular complexity index is 1400. The van der Waals surface area contributed by atoms with E-state index in [0.29, 0.717) is 34.4 Å². The molecule has 4 rings (SSSR count). The minimum atomic E-state index is -3.82. The predicted molar refractivity (Wildman–Crippen MR) is 129 cm³/mol. The molecule has 1 heterocycles.